The average molecular weight is 405 g/mol. The van der Waals surface area contributed by atoms with Gasteiger partial charge in [-0.1, -0.05) is 12.1 Å². The third kappa shape index (κ3) is 5.73. The first kappa shape index (κ1) is 21.8. The molecule has 7 heteroatoms. The van der Waals surface area contributed by atoms with Crippen molar-refractivity contribution in [3.63, 3.8) is 0 Å². The molecule has 0 unspecified atom stereocenters. The van der Waals surface area contributed by atoms with Crippen molar-refractivity contribution in [1.82, 2.24) is 0 Å². The number of methoxy groups -OCH3 is 1. The topological polar surface area (TPSA) is 55.8 Å². The molecule has 0 bridgehead atoms. The van der Waals surface area contributed by atoms with E-state index in [1.807, 2.05) is 18.2 Å². The predicted octanol–water partition coefficient (Wildman–Crippen LogP) is 4.55. The number of hydrogen-bond acceptors (Lipinski definition) is 5. The number of carbonyl (C=O) groups excluding carboxylic acids is 2. The average Bonchev–Trinajstić information content (AvgIpc) is 2.71. The Balaban J connectivity index is 1.92. The van der Waals surface area contributed by atoms with E-state index in [0.717, 1.165) is 0 Å². The summed E-state index contributed by atoms with van der Waals surface area (Å²) in [4.78, 5) is 26.7. The molecule has 0 saturated heterocycles. The molecule has 2 rings (SSSR count). The molecule has 0 atom stereocenters. The summed E-state index contributed by atoms with van der Waals surface area (Å²) in [5.74, 6) is 0.189. The highest BCUT2D eigenvalue weighted by atomic mass is 32.2. The largest absolute Gasteiger partial charge is 0.495 e. The standard InChI is InChI=1S/C21H24FNO4S/c1-4-27-21(25)16-14-15(22)11-12-19(16)28-13-7-10-20(24)23(2)17-8-5-6-9-18(17)26-3/h5-6,8-9,11-12,14H,4,7,10,13H2,1-3H3. The molecule has 0 N–H and O–H groups in total. The molecule has 2 aromatic carbocycles. The number of halogens is 1. The molecule has 0 spiro atoms. The van der Waals surface area contributed by atoms with Gasteiger partial charge in [0.1, 0.15) is 11.6 Å². The summed E-state index contributed by atoms with van der Waals surface area (Å²) in [5.41, 5.74) is 0.926. The van der Waals surface area contributed by atoms with Crippen LogP contribution in [0.3, 0.4) is 0 Å². The lowest BCUT2D eigenvalue weighted by Crippen LogP contribution is -2.26. The first-order valence-electron chi connectivity index (χ1n) is 8.97. The molecular weight excluding hydrogens is 381 g/mol. The van der Waals surface area contributed by atoms with E-state index in [1.165, 1.54) is 23.9 Å². The molecule has 0 aliphatic rings. The fraction of sp³-hybridized carbons (Fsp3) is 0.333. The van der Waals surface area contributed by atoms with E-state index in [1.54, 1.807) is 38.1 Å². The van der Waals surface area contributed by atoms with Crippen molar-refractivity contribution in [2.45, 2.75) is 24.7 Å². The van der Waals surface area contributed by atoms with Crippen LogP contribution in [-0.2, 0) is 9.53 Å². The van der Waals surface area contributed by atoms with Gasteiger partial charge in [0.25, 0.3) is 0 Å². The molecular formula is C21H24FNO4S. The number of esters is 1. The van der Waals surface area contributed by atoms with Crippen LogP contribution in [-0.4, -0.2) is 38.4 Å². The normalized spacial score (nSPS) is 10.4. The van der Waals surface area contributed by atoms with E-state index >= 15 is 0 Å². The lowest BCUT2D eigenvalue weighted by atomic mass is 10.2. The second-order valence-corrected chi connectivity index (χ2v) is 7.07. The monoisotopic (exact) mass is 405 g/mol. The van der Waals surface area contributed by atoms with Crippen LogP contribution in [0.25, 0.3) is 0 Å². The van der Waals surface area contributed by atoms with Gasteiger partial charge in [-0.25, -0.2) is 9.18 Å². The first-order valence-corrected chi connectivity index (χ1v) is 9.95. The van der Waals surface area contributed by atoms with Gasteiger partial charge in [-0.15, -0.1) is 11.8 Å². The number of carbonyl (C=O) groups is 2. The Morgan fingerprint density at radius 1 is 1.18 bits per heavy atom. The molecule has 5 nitrogen and oxygen atoms in total. The second-order valence-electron chi connectivity index (χ2n) is 5.94. The van der Waals surface area contributed by atoms with Crippen LogP contribution in [0.15, 0.2) is 47.4 Å². The number of anilines is 1. The van der Waals surface area contributed by atoms with Crippen molar-refractivity contribution in [1.29, 1.82) is 0 Å². The van der Waals surface area contributed by atoms with E-state index in [9.17, 15) is 14.0 Å². The van der Waals surface area contributed by atoms with E-state index in [0.29, 0.717) is 34.9 Å². The van der Waals surface area contributed by atoms with Crippen molar-refractivity contribution in [3.8, 4) is 5.75 Å². The number of nitrogens with zero attached hydrogens (tertiary/aromatic N) is 1. The second kappa shape index (κ2) is 10.7. The number of amides is 1. The minimum absolute atomic E-state index is 0.0326. The summed E-state index contributed by atoms with van der Waals surface area (Å²) < 4.78 is 23.7. The Morgan fingerprint density at radius 2 is 1.93 bits per heavy atom. The van der Waals surface area contributed by atoms with E-state index in [-0.39, 0.29) is 18.1 Å². The van der Waals surface area contributed by atoms with Crippen LogP contribution in [0, 0.1) is 5.82 Å². The van der Waals surface area contributed by atoms with Crippen LogP contribution in [0.1, 0.15) is 30.1 Å². The van der Waals surface area contributed by atoms with Crippen molar-refractivity contribution < 1.29 is 23.5 Å². The highest BCUT2D eigenvalue weighted by Crippen LogP contribution is 2.28. The Kier molecular flexibility index (Phi) is 8.32. The van der Waals surface area contributed by atoms with Crippen molar-refractivity contribution in [2.24, 2.45) is 0 Å². The van der Waals surface area contributed by atoms with Crippen molar-refractivity contribution in [2.75, 3.05) is 31.4 Å². The molecule has 0 aromatic heterocycles. The lowest BCUT2D eigenvalue weighted by molar-refractivity contribution is -0.118. The maximum Gasteiger partial charge on any atom is 0.339 e. The van der Waals surface area contributed by atoms with Gasteiger partial charge in [0, 0.05) is 18.4 Å². The summed E-state index contributed by atoms with van der Waals surface area (Å²) in [5, 5.41) is 0. The highest BCUT2D eigenvalue weighted by Gasteiger charge is 2.16. The highest BCUT2D eigenvalue weighted by molar-refractivity contribution is 7.99. The molecule has 0 aliphatic carbocycles. The van der Waals surface area contributed by atoms with E-state index in [2.05, 4.69) is 0 Å². The molecule has 2 aromatic rings. The van der Waals surface area contributed by atoms with E-state index < -0.39 is 11.8 Å². The van der Waals surface area contributed by atoms with Crippen LogP contribution in [0.5, 0.6) is 5.75 Å². The number of benzene rings is 2. The van der Waals surface area contributed by atoms with Crippen molar-refractivity contribution >= 4 is 29.3 Å². The third-order valence-corrected chi connectivity index (χ3v) is 5.21. The van der Waals surface area contributed by atoms with Gasteiger partial charge >= 0.3 is 5.97 Å². The Labute approximate surface area is 168 Å². The molecule has 0 heterocycles. The van der Waals surface area contributed by atoms with Gasteiger partial charge in [-0.05, 0) is 49.4 Å². The van der Waals surface area contributed by atoms with Crippen LogP contribution >= 0.6 is 11.8 Å². The third-order valence-electron chi connectivity index (χ3n) is 4.05. The molecule has 0 saturated carbocycles. The zero-order valence-corrected chi connectivity index (χ0v) is 17.1. The maximum absolute atomic E-state index is 13.5. The number of thioether (sulfide) groups is 1. The Hall–Kier alpha value is -2.54. The molecule has 1 amide bonds. The molecule has 0 radical (unpaired) electrons. The number of ether oxygens (including phenoxy) is 2. The summed E-state index contributed by atoms with van der Waals surface area (Å²) in [6.45, 7) is 1.93. The van der Waals surface area contributed by atoms with Gasteiger partial charge in [-0.2, -0.15) is 0 Å². The molecule has 28 heavy (non-hydrogen) atoms. The summed E-state index contributed by atoms with van der Waals surface area (Å²) in [7, 11) is 3.28. The van der Waals surface area contributed by atoms with Crippen LogP contribution in [0.2, 0.25) is 0 Å². The van der Waals surface area contributed by atoms with Crippen LogP contribution in [0.4, 0.5) is 10.1 Å². The summed E-state index contributed by atoms with van der Waals surface area (Å²) in [6.07, 6.45) is 0.958. The SMILES string of the molecule is CCOC(=O)c1cc(F)ccc1SCCCC(=O)N(C)c1ccccc1OC. The number of hydrogen-bond donors (Lipinski definition) is 0. The quantitative estimate of drug-likeness (QED) is 0.348. The van der Waals surface area contributed by atoms with Gasteiger partial charge in [0.05, 0.1) is 25.0 Å². The number of rotatable bonds is 9. The molecule has 0 fully saturated rings. The Bertz CT molecular complexity index is 828. The molecule has 0 aliphatic heterocycles. The zero-order chi connectivity index (χ0) is 20.5. The fourth-order valence-electron chi connectivity index (χ4n) is 2.61. The minimum atomic E-state index is -0.545. The van der Waals surface area contributed by atoms with Crippen molar-refractivity contribution in [3.05, 3.63) is 53.8 Å². The van der Waals surface area contributed by atoms with Gasteiger partial charge < -0.3 is 14.4 Å². The summed E-state index contributed by atoms with van der Waals surface area (Å²) >= 11 is 1.40. The summed E-state index contributed by atoms with van der Waals surface area (Å²) in [6, 6.07) is 11.4. The first-order chi connectivity index (χ1) is 13.5. The maximum atomic E-state index is 13.5. The number of para-hydroxylation sites is 2. The minimum Gasteiger partial charge on any atom is -0.495 e. The zero-order valence-electron chi connectivity index (χ0n) is 16.2. The predicted molar refractivity (Wildman–Crippen MR) is 109 cm³/mol. The molecule has 150 valence electrons. The fourth-order valence-corrected chi connectivity index (χ4v) is 3.58. The van der Waals surface area contributed by atoms with E-state index in [4.69, 9.17) is 9.47 Å². The Morgan fingerprint density at radius 3 is 2.64 bits per heavy atom. The lowest BCUT2D eigenvalue weighted by Gasteiger charge is -2.19. The smallest absolute Gasteiger partial charge is 0.339 e. The van der Waals surface area contributed by atoms with Crippen LogP contribution < -0.4 is 9.64 Å². The van der Waals surface area contributed by atoms with Gasteiger partial charge in [0.2, 0.25) is 5.91 Å². The van der Waals surface area contributed by atoms with Gasteiger partial charge in [0.15, 0.2) is 0 Å². The van der Waals surface area contributed by atoms with Gasteiger partial charge in [-0.3, -0.25) is 4.79 Å².